The Hall–Kier alpha value is -0.490. The molecule has 1 aromatic heterocycles. The summed E-state index contributed by atoms with van der Waals surface area (Å²) >= 11 is 1.77. The van der Waals surface area contributed by atoms with Crippen molar-refractivity contribution in [2.75, 3.05) is 45.8 Å². The van der Waals surface area contributed by atoms with E-state index in [-0.39, 0.29) is 0 Å². The number of nitrogens with zero attached hydrogens (tertiary/aromatic N) is 2. The van der Waals surface area contributed by atoms with Crippen LogP contribution in [-0.2, 0) is 6.42 Å². The molecule has 0 unspecified atom stereocenters. The molecule has 1 aliphatic rings. The van der Waals surface area contributed by atoms with Crippen LogP contribution in [0.5, 0.6) is 0 Å². The van der Waals surface area contributed by atoms with Crippen molar-refractivity contribution >= 4 is 11.3 Å². The first kappa shape index (κ1) is 13.9. The lowest BCUT2D eigenvalue weighted by molar-refractivity contribution is 0.292. The summed E-state index contributed by atoms with van der Waals surface area (Å²) in [5, 5.41) is 10.3. The first-order valence-electron chi connectivity index (χ1n) is 6.89. The van der Waals surface area contributed by atoms with E-state index in [1.807, 2.05) is 0 Å². The molecule has 5 heteroatoms. The summed E-state index contributed by atoms with van der Waals surface area (Å²) < 4.78 is 0. The van der Waals surface area contributed by atoms with Gasteiger partial charge in [0.15, 0.2) is 0 Å². The molecule has 0 bridgehead atoms. The molecular weight excluding hydrogens is 244 g/mol. The van der Waals surface area contributed by atoms with Gasteiger partial charge in [0.25, 0.3) is 0 Å². The van der Waals surface area contributed by atoms with Gasteiger partial charge in [0.2, 0.25) is 0 Å². The molecule has 1 aromatic rings. The highest BCUT2D eigenvalue weighted by atomic mass is 32.1. The smallest absolute Gasteiger partial charge is 0.0940 e. The molecule has 18 heavy (non-hydrogen) atoms. The minimum atomic E-state index is 1.04. The highest BCUT2D eigenvalue weighted by Crippen LogP contribution is 2.08. The third-order valence-corrected chi connectivity index (χ3v) is 4.25. The molecule has 0 aliphatic carbocycles. The second-order valence-electron chi connectivity index (χ2n) is 4.83. The average molecular weight is 268 g/mol. The highest BCUT2D eigenvalue weighted by Gasteiger charge is 2.07. The van der Waals surface area contributed by atoms with Crippen molar-refractivity contribution in [1.82, 2.24) is 20.5 Å². The van der Waals surface area contributed by atoms with Crippen LogP contribution in [0.15, 0.2) is 5.38 Å². The Labute approximate surface area is 114 Å². The molecule has 2 N–H and O–H groups in total. The van der Waals surface area contributed by atoms with Crippen molar-refractivity contribution in [3.63, 3.8) is 0 Å². The lowest BCUT2D eigenvalue weighted by Crippen LogP contribution is -2.35. The van der Waals surface area contributed by atoms with Crippen molar-refractivity contribution in [3.8, 4) is 0 Å². The summed E-state index contributed by atoms with van der Waals surface area (Å²) in [5.41, 5.74) is 1.15. The Kier molecular flexibility index (Phi) is 6.07. The third kappa shape index (κ3) is 5.02. The maximum atomic E-state index is 4.47. The summed E-state index contributed by atoms with van der Waals surface area (Å²) in [6.07, 6.45) is 2.33. The molecule has 0 saturated carbocycles. The van der Waals surface area contributed by atoms with Gasteiger partial charge in [0.1, 0.15) is 0 Å². The number of nitrogens with one attached hydrogen (secondary N) is 2. The summed E-state index contributed by atoms with van der Waals surface area (Å²) in [7, 11) is 0. The van der Waals surface area contributed by atoms with Crippen LogP contribution in [0.1, 0.15) is 17.1 Å². The standard InChI is InChI=1S/C13H24N4S/c1-12-11-18-13(16-12)3-5-15-7-10-17-8-2-4-14-6-9-17/h11,14-15H,2-10H2,1H3. The largest absolute Gasteiger partial charge is 0.315 e. The molecule has 4 nitrogen and oxygen atoms in total. The Morgan fingerprint density at radius 3 is 3.17 bits per heavy atom. The fourth-order valence-electron chi connectivity index (χ4n) is 2.20. The first-order chi connectivity index (χ1) is 8.84. The number of rotatable bonds is 6. The summed E-state index contributed by atoms with van der Waals surface area (Å²) in [6.45, 7) is 10.1. The molecule has 0 radical (unpaired) electrons. The topological polar surface area (TPSA) is 40.2 Å². The molecule has 1 aliphatic heterocycles. The van der Waals surface area contributed by atoms with Crippen molar-refractivity contribution in [1.29, 1.82) is 0 Å². The van der Waals surface area contributed by atoms with E-state index in [2.05, 4.69) is 32.8 Å². The van der Waals surface area contributed by atoms with E-state index in [9.17, 15) is 0 Å². The Morgan fingerprint density at radius 2 is 2.33 bits per heavy atom. The van der Waals surface area contributed by atoms with Crippen LogP contribution in [-0.4, -0.2) is 55.7 Å². The number of thiazole rings is 1. The van der Waals surface area contributed by atoms with Gasteiger partial charge in [-0.15, -0.1) is 11.3 Å². The molecule has 0 amide bonds. The molecule has 102 valence electrons. The van der Waals surface area contributed by atoms with Gasteiger partial charge < -0.3 is 15.5 Å². The van der Waals surface area contributed by atoms with Gasteiger partial charge in [0.05, 0.1) is 5.01 Å². The van der Waals surface area contributed by atoms with E-state index in [0.717, 1.165) is 31.7 Å². The average Bonchev–Trinajstić information content (AvgIpc) is 2.64. The Bertz CT molecular complexity index is 331. The van der Waals surface area contributed by atoms with Crippen LogP contribution in [0.2, 0.25) is 0 Å². The Morgan fingerprint density at radius 1 is 1.39 bits per heavy atom. The zero-order valence-electron chi connectivity index (χ0n) is 11.2. The van der Waals surface area contributed by atoms with Gasteiger partial charge in [0, 0.05) is 50.2 Å². The molecule has 0 aromatic carbocycles. The summed E-state index contributed by atoms with van der Waals surface area (Å²) in [4.78, 5) is 7.01. The second-order valence-corrected chi connectivity index (χ2v) is 5.77. The van der Waals surface area contributed by atoms with Gasteiger partial charge in [-0.25, -0.2) is 4.98 Å². The van der Waals surface area contributed by atoms with Crippen LogP contribution < -0.4 is 10.6 Å². The monoisotopic (exact) mass is 268 g/mol. The maximum Gasteiger partial charge on any atom is 0.0940 e. The van der Waals surface area contributed by atoms with Crippen molar-refractivity contribution in [2.24, 2.45) is 0 Å². The van der Waals surface area contributed by atoms with E-state index >= 15 is 0 Å². The van der Waals surface area contributed by atoms with Crippen molar-refractivity contribution in [3.05, 3.63) is 16.1 Å². The van der Waals surface area contributed by atoms with Gasteiger partial charge in [-0.05, 0) is 26.4 Å². The molecule has 0 spiro atoms. The fourth-order valence-corrected chi connectivity index (χ4v) is 2.98. The highest BCUT2D eigenvalue weighted by molar-refractivity contribution is 7.09. The number of hydrogen-bond donors (Lipinski definition) is 2. The lowest BCUT2D eigenvalue weighted by atomic mass is 10.4. The number of aryl methyl sites for hydroxylation is 1. The van der Waals surface area contributed by atoms with Crippen LogP contribution >= 0.6 is 11.3 Å². The second kappa shape index (κ2) is 7.84. The van der Waals surface area contributed by atoms with Gasteiger partial charge in [-0.3, -0.25) is 0 Å². The van der Waals surface area contributed by atoms with Crippen molar-refractivity contribution in [2.45, 2.75) is 19.8 Å². The first-order valence-corrected chi connectivity index (χ1v) is 7.77. The normalized spacial score (nSPS) is 17.8. The fraction of sp³-hybridized carbons (Fsp3) is 0.769. The van der Waals surface area contributed by atoms with E-state index < -0.39 is 0 Å². The minimum absolute atomic E-state index is 1.04. The van der Waals surface area contributed by atoms with Crippen LogP contribution in [0, 0.1) is 6.92 Å². The quantitative estimate of drug-likeness (QED) is 0.752. The van der Waals surface area contributed by atoms with E-state index in [1.54, 1.807) is 11.3 Å². The van der Waals surface area contributed by atoms with E-state index in [0.29, 0.717) is 0 Å². The van der Waals surface area contributed by atoms with E-state index in [4.69, 9.17) is 0 Å². The van der Waals surface area contributed by atoms with E-state index in [1.165, 1.54) is 37.6 Å². The summed E-state index contributed by atoms with van der Waals surface area (Å²) in [5.74, 6) is 0. The molecule has 1 fully saturated rings. The van der Waals surface area contributed by atoms with Crippen LogP contribution in [0.25, 0.3) is 0 Å². The number of aromatic nitrogens is 1. The Balaban J connectivity index is 1.52. The zero-order chi connectivity index (χ0) is 12.6. The predicted octanol–water partition coefficient (Wildman–Crippen LogP) is 0.879. The van der Waals surface area contributed by atoms with Crippen molar-refractivity contribution < 1.29 is 0 Å². The molecular formula is C13H24N4S. The molecule has 1 saturated heterocycles. The molecule has 2 rings (SSSR count). The van der Waals surface area contributed by atoms with Gasteiger partial charge in [-0.1, -0.05) is 0 Å². The SMILES string of the molecule is Cc1csc(CCNCCN2CCCNCC2)n1. The third-order valence-electron chi connectivity index (χ3n) is 3.22. The van der Waals surface area contributed by atoms with Gasteiger partial charge >= 0.3 is 0 Å². The maximum absolute atomic E-state index is 4.47. The molecule has 0 atom stereocenters. The van der Waals surface area contributed by atoms with Crippen LogP contribution in [0.4, 0.5) is 0 Å². The predicted molar refractivity (Wildman–Crippen MR) is 77.4 cm³/mol. The number of hydrogen-bond acceptors (Lipinski definition) is 5. The van der Waals surface area contributed by atoms with Gasteiger partial charge in [-0.2, -0.15) is 0 Å². The van der Waals surface area contributed by atoms with Crippen LogP contribution in [0.3, 0.4) is 0 Å². The lowest BCUT2D eigenvalue weighted by Gasteiger charge is -2.19. The zero-order valence-corrected chi connectivity index (χ0v) is 12.1. The minimum Gasteiger partial charge on any atom is -0.315 e. The summed E-state index contributed by atoms with van der Waals surface area (Å²) in [6, 6.07) is 0. The molecule has 2 heterocycles.